The van der Waals surface area contributed by atoms with Crippen molar-refractivity contribution in [2.75, 3.05) is 13.1 Å². The van der Waals surface area contributed by atoms with Crippen molar-refractivity contribution < 1.29 is 4.79 Å². The molecule has 2 heterocycles. The van der Waals surface area contributed by atoms with Crippen LogP contribution in [0.25, 0.3) is 11.4 Å². The van der Waals surface area contributed by atoms with E-state index in [0.717, 1.165) is 36.3 Å². The predicted molar refractivity (Wildman–Crippen MR) is 125 cm³/mol. The number of piperidine rings is 1. The number of benzene rings is 2. The van der Waals surface area contributed by atoms with Gasteiger partial charge in [-0.05, 0) is 62.3 Å². The van der Waals surface area contributed by atoms with Crippen molar-refractivity contribution in [2.24, 2.45) is 0 Å². The Kier molecular flexibility index (Phi) is 6.94. The number of hydrogen-bond acceptors (Lipinski definition) is 4. The number of rotatable bonds is 7. The summed E-state index contributed by atoms with van der Waals surface area (Å²) in [5.74, 6) is 0.591. The molecule has 0 bridgehead atoms. The summed E-state index contributed by atoms with van der Waals surface area (Å²) in [6, 6.07) is 16.4. The summed E-state index contributed by atoms with van der Waals surface area (Å²) in [6.07, 6.45) is 3.87. The highest BCUT2D eigenvalue weighted by Gasteiger charge is 2.15. The van der Waals surface area contributed by atoms with Crippen LogP contribution in [0, 0.1) is 11.7 Å². The van der Waals surface area contributed by atoms with Crippen LogP contribution < -0.4 is 5.32 Å². The quantitative estimate of drug-likeness (QED) is 0.546. The second-order valence-corrected chi connectivity index (χ2v) is 8.58. The highest BCUT2D eigenvalue weighted by atomic mass is 32.1. The fourth-order valence-corrected chi connectivity index (χ4v) is 4.30. The lowest BCUT2D eigenvalue weighted by molar-refractivity contribution is -0.121. The van der Waals surface area contributed by atoms with E-state index < -0.39 is 0 Å². The van der Waals surface area contributed by atoms with Crippen LogP contribution in [0.4, 0.5) is 0 Å². The normalized spacial score (nSPS) is 14.5. The maximum absolute atomic E-state index is 12.8. The zero-order valence-corrected chi connectivity index (χ0v) is 18.8. The summed E-state index contributed by atoms with van der Waals surface area (Å²) in [6.45, 7) is 5.92. The van der Waals surface area contributed by atoms with Crippen LogP contribution in [0.2, 0.25) is 0 Å². The van der Waals surface area contributed by atoms with Crippen LogP contribution in [0.5, 0.6) is 0 Å². The third kappa shape index (κ3) is 5.48. The van der Waals surface area contributed by atoms with E-state index in [0.29, 0.717) is 17.1 Å². The van der Waals surface area contributed by atoms with Crippen molar-refractivity contribution in [3.8, 4) is 11.4 Å². The molecule has 6 nitrogen and oxygen atoms in total. The Morgan fingerprint density at radius 2 is 1.87 bits per heavy atom. The van der Waals surface area contributed by atoms with Crippen LogP contribution >= 0.6 is 12.2 Å². The molecule has 1 fully saturated rings. The Hall–Kier alpha value is -2.77. The van der Waals surface area contributed by atoms with Crippen molar-refractivity contribution in [3.05, 3.63) is 70.0 Å². The molecule has 0 aliphatic carbocycles. The molecule has 0 radical (unpaired) electrons. The van der Waals surface area contributed by atoms with Gasteiger partial charge in [0.15, 0.2) is 10.6 Å². The summed E-state index contributed by atoms with van der Waals surface area (Å²) in [5, 5.41) is 10.2. The predicted octanol–water partition coefficient (Wildman–Crippen LogP) is 4.22. The van der Waals surface area contributed by atoms with Gasteiger partial charge in [0.05, 0.1) is 0 Å². The highest BCUT2D eigenvalue weighted by Crippen LogP contribution is 2.19. The minimum atomic E-state index is -0.0841. The van der Waals surface area contributed by atoms with Gasteiger partial charge < -0.3 is 5.32 Å². The number of nitrogens with zero attached hydrogens (tertiary/aromatic N) is 3. The van der Waals surface area contributed by atoms with E-state index in [1.165, 1.54) is 24.8 Å². The Morgan fingerprint density at radius 1 is 1.10 bits per heavy atom. The van der Waals surface area contributed by atoms with E-state index in [1.807, 2.05) is 37.3 Å². The first kappa shape index (κ1) is 21.5. The summed E-state index contributed by atoms with van der Waals surface area (Å²) >= 11 is 5.37. The molecule has 0 atom stereocenters. The molecular weight excluding hydrogens is 406 g/mol. The molecule has 162 valence electrons. The molecule has 2 aromatic carbocycles. The largest absolute Gasteiger partial charge is 0.350 e. The molecule has 1 saturated heterocycles. The van der Waals surface area contributed by atoms with Crippen molar-refractivity contribution in [1.29, 1.82) is 0 Å². The SMILES string of the molecule is Cc1cccc(-c2n[nH]c(=S)n2CC(=O)NCc2ccccc2CN2CCCCC2)c1. The monoisotopic (exact) mass is 435 g/mol. The first-order valence-corrected chi connectivity index (χ1v) is 11.3. The molecule has 2 N–H and O–H groups in total. The number of hydrogen-bond donors (Lipinski definition) is 2. The van der Waals surface area contributed by atoms with Crippen LogP contribution in [0.3, 0.4) is 0 Å². The average molecular weight is 436 g/mol. The van der Waals surface area contributed by atoms with Crippen LogP contribution in [0.1, 0.15) is 36.0 Å². The number of H-pyrrole nitrogens is 1. The van der Waals surface area contributed by atoms with Gasteiger partial charge in [-0.3, -0.25) is 19.4 Å². The van der Waals surface area contributed by atoms with Crippen molar-refractivity contribution in [1.82, 2.24) is 25.0 Å². The molecule has 1 aliphatic rings. The molecule has 1 amide bonds. The molecule has 0 unspecified atom stereocenters. The molecule has 1 aliphatic heterocycles. The lowest BCUT2D eigenvalue weighted by atomic mass is 10.0. The smallest absolute Gasteiger partial charge is 0.240 e. The van der Waals surface area contributed by atoms with Gasteiger partial charge in [0.2, 0.25) is 5.91 Å². The number of carbonyl (C=O) groups excluding carboxylic acids is 1. The van der Waals surface area contributed by atoms with Gasteiger partial charge in [0.1, 0.15) is 6.54 Å². The fraction of sp³-hybridized carbons (Fsp3) is 0.375. The summed E-state index contributed by atoms with van der Waals surface area (Å²) < 4.78 is 2.19. The van der Waals surface area contributed by atoms with E-state index in [1.54, 1.807) is 4.57 Å². The number of aromatic amines is 1. The number of aryl methyl sites for hydroxylation is 1. The highest BCUT2D eigenvalue weighted by molar-refractivity contribution is 7.71. The van der Waals surface area contributed by atoms with Crippen molar-refractivity contribution in [2.45, 2.75) is 45.8 Å². The van der Waals surface area contributed by atoms with E-state index >= 15 is 0 Å². The second-order valence-electron chi connectivity index (χ2n) is 8.19. The van der Waals surface area contributed by atoms with Gasteiger partial charge in [-0.2, -0.15) is 5.10 Å². The van der Waals surface area contributed by atoms with Crippen LogP contribution in [0.15, 0.2) is 48.5 Å². The second kappa shape index (κ2) is 10.0. The molecule has 0 saturated carbocycles. The Labute approximate surface area is 188 Å². The Morgan fingerprint density at radius 3 is 2.65 bits per heavy atom. The number of nitrogens with one attached hydrogen (secondary N) is 2. The first-order valence-electron chi connectivity index (χ1n) is 10.9. The molecule has 7 heteroatoms. The third-order valence-electron chi connectivity index (χ3n) is 5.77. The fourth-order valence-electron chi connectivity index (χ4n) is 4.10. The Bertz CT molecular complexity index is 1100. The lowest BCUT2D eigenvalue weighted by Gasteiger charge is -2.27. The average Bonchev–Trinajstić information content (AvgIpc) is 3.14. The maximum atomic E-state index is 12.8. The molecule has 0 spiro atoms. The van der Waals surface area contributed by atoms with E-state index in [-0.39, 0.29) is 12.5 Å². The molecule has 31 heavy (non-hydrogen) atoms. The topological polar surface area (TPSA) is 66.0 Å². The van der Waals surface area contributed by atoms with Crippen molar-refractivity contribution in [3.63, 3.8) is 0 Å². The maximum Gasteiger partial charge on any atom is 0.240 e. The number of likely N-dealkylation sites (tertiary alicyclic amines) is 1. The van der Waals surface area contributed by atoms with Gasteiger partial charge in [0, 0.05) is 18.7 Å². The number of aromatic nitrogens is 3. The molecular formula is C24H29N5OS. The third-order valence-corrected chi connectivity index (χ3v) is 6.08. The molecule has 1 aromatic heterocycles. The van der Waals surface area contributed by atoms with E-state index in [4.69, 9.17) is 12.2 Å². The van der Waals surface area contributed by atoms with Gasteiger partial charge in [-0.25, -0.2) is 0 Å². The van der Waals surface area contributed by atoms with Gasteiger partial charge in [-0.15, -0.1) is 0 Å². The number of carbonyl (C=O) groups is 1. The molecule has 3 aromatic rings. The Balaban J connectivity index is 1.42. The first-order chi connectivity index (χ1) is 15.1. The van der Waals surface area contributed by atoms with Crippen LogP contribution in [-0.2, 0) is 24.4 Å². The van der Waals surface area contributed by atoms with E-state index in [2.05, 4.69) is 38.6 Å². The zero-order chi connectivity index (χ0) is 21.6. The minimum Gasteiger partial charge on any atom is -0.350 e. The standard InChI is InChI=1S/C24H29N5OS/c1-18-8-7-11-19(14-18)23-26-27-24(31)29(23)17-22(30)25-15-20-9-3-4-10-21(20)16-28-12-5-2-6-13-28/h3-4,7-11,14H,2,5-6,12-13,15-17H2,1H3,(H,25,30)(H,27,31). The van der Waals surface area contributed by atoms with Crippen LogP contribution in [-0.4, -0.2) is 38.7 Å². The zero-order valence-electron chi connectivity index (χ0n) is 17.9. The summed E-state index contributed by atoms with van der Waals surface area (Å²) in [5.41, 5.74) is 4.51. The minimum absolute atomic E-state index is 0.0841. The number of amides is 1. The summed E-state index contributed by atoms with van der Waals surface area (Å²) in [4.78, 5) is 15.3. The molecule has 4 rings (SSSR count). The van der Waals surface area contributed by atoms with Gasteiger partial charge in [0.25, 0.3) is 0 Å². The van der Waals surface area contributed by atoms with Gasteiger partial charge in [-0.1, -0.05) is 54.4 Å². The van der Waals surface area contributed by atoms with Crippen molar-refractivity contribution >= 4 is 18.1 Å². The lowest BCUT2D eigenvalue weighted by Crippen LogP contribution is -2.31. The summed E-state index contributed by atoms with van der Waals surface area (Å²) in [7, 11) is 0. The van der Waals surface area contributed by atoms with E-state index in [9.17, 15) is 4.79 Å². The van der Waals surface area contributed by atoms with Gasteiger partial charge >= 0.3 is 0 Å².